The van der Waals surface area contributed by atoms with E-state index in [2.05, 4.69) is 5.32 Å². The number of hydrogen-bond acceptors (Lipinski definition) is 5. The number of thiophene rings is 1. The van der Waals surface area contributed by atoms with Crippen LogP contribution in [0.15, 0.2) is 35.0 Å². The summed E-state index contributed by atoms with van der Waals surface area (Å²) < 4.78 is 0. The molecule has 0 saturated carbocycles. The summed E-state index contributed by atoms with van der Waals surface area (Å²) in [5, 5.41) is 25.3. The second kappa shape index (κ2) is 6.40. The van der Waals surface area contributed by atoms with E-state index in [1.165, 1.54) is 12.1 Å². The minimum atomic E-state index is -0.697. The molecule has 5 N–H and O–H groups in total. The van der Waals surface area contributed by atoms with E-state index < -0.39 is 6.04 Å². The van der Waals surface area contributed by atoms with Gasteiger partial charge < -0.3 is 21.3 Å². The van der Waals surface area contributed by atoms with Crippen LogP contribution in [-0.4, -0.2) is 22.2 Å². The second-order valence-electron chi connectivity index (χ2n) is 4.48. The molecule has 0 aliphatic carbocycles. The monoisotopic (exact) mass is 292 g/mol. The van der Waals surface area contributed by atoms with Gasteiger partial charge in [-0.2, -0.15) is 11.3 Å². The number of phenols is 2. The molecule has 6 heteroatoms. The minimum absolute atomic E-state index is 0.191. The van der Waals surface area contributed by atoms with Crippen LogP contribution in [0.5, 0.6) is 11.5 Å². The lowest BCUT2D eigenvalue weighted by Gasteiger charge is -2.12. The smallest absolute Gasteiger partial charge is 0.237 e. The van der Waals surface area contributed by atoms with E-state index in [0.717, 1.165) is 5.56 Å². The third-order valence-electron chi connectivity index (χ3n) is 2.88. The SMILES string of the molecule is N[C@@H](Cc1ccc(O)c(O)c1)C(=O)NCc1ccsc1. The Morgan fingerprint density at radius 3 is 2.70 bits per heavy atom. The van der Waals surface area contributed by atoms with Crippen LogP contribution < -0.4 is 11.1 Å². The van der Waals surface area contributed by atoms with Gasteiger partial charge in [-0.05, 0) is 46.5 Å². The molecule has 0 radical (unpaired) electrons. The zero-order valence-electron chi connectivity index (χ0n) is 10.7. The number of aromatic hydroxyl groups is 2. The van der Waals surface area contributed by atoms with Crippen LogP contribution in [0, 0.1) is 0 Å². The number of amides is 1. The first-order valence-corrected chi connectivity index (χ1v) is 7.06. The highest BCUT2D eigenvalue weighted by atomic mass is 32.1. The Morgan fingerprint density at radius 2 is 2.05 bits per heavy atom. The fraction of sp³-hybridized carbons (Fsp3) is 0.214. The molecule has 20 heavy (non-hydrogen) atoms. The molecule has 2 rings (SSSR count). The van der Waals surface area contributed by atoms with Gasteiger partial charge in [-0.3, -0.25) is 4.79 Å². The quantitative estimate of drug-likeness (QED) is 0.625. The van der Waals surface area contributed by atoms with Gasteiger partial charge in [0.15, 0.2) is 11.5 Å². The molecule has 0 aliphatic rings. The van der Waals surface area contributed by atoms with Crippen LogP contribution in [0.3, 0.4) is 0 Å². The van der Waals surface area contributed by atoms with Crippen molar-refractivity contribution in [1.29, 1.82) is 0 Å². The molecule has 0 fully saturated rings. The van der Waals surface area contributed by atoms with E-state index in [1.807, 2.05) is 16.8 Å². The van der Waals surface area contributed by atoms with Crippen molar-refractivity contribution < 1.29 is 15.0 Å². The number of carbonyl (C=O) groups excluding carboxylic acids is 1. The third-order valence-corrected chi connectivity index (χ3v) is 3.61. The molecule has 0 spiro atoms. The molecule has 1 aromatic heterocycles. The summed E-state index contributed by atoms with van der Waals surface area (Å²) in [6.07, 6.45) is 0.295. The van der Waals surface area contributed by atoms with Crippen molar-refractivity contribution in [3.63, 3.8) is 0 Å². The van der Waals surface area contributed by atoms with Crippen molar-refractivity contribution in [3.8, 4) is 11.5 Å². The molecule has 1 aromatic carbocycles. The lowest BCUT2D eigenvalue weighted by atomic mass is 10.1. The van der Waals surface area contributed by atoms with Crippen LogP contribution >= 0.6 is 11.3 Å². The summed E-state index contributed by atoms with van der Waals surface area (Å²) in [5.74, 6) is -0.652. The number of phenolic OH excluding ortho intramolecular Hbond substituents is 2. The molecular weight excluding hydrogens is 276 g/mol. The number of nitrogens with one attached hydrogen (secondary N) is 1. The number of carbonyl (C=O) groups is 1. The van der Waals surface area contributed by atoms with Crippen molar-refractivity contribution in [1.82, 2.24) is 5.32 Å². The highest BCUT2D eigenvalue weighted by Gasteiger charge is 2.14. The Labute approximate surface area is 120 Å². The largest absolute Gasteiger partial charge is 0.504 e. The zero-order valence-corrected chi connectivity index (χ0v) is 11.6. The Morgan fingerprint density at radius 1 is 1.25 bits per heavy atom. The van der Waals surface area contributed by atoms with Gasteiger partial charge in [-0.1, -0.05) is 6.07 Å². The maximum Gasteiger partial charge on any atom is 0.237 e. The third kappa shape index (κ3) is 3.72. The molecule has 0 aliphatic heterocycles. The number of rotatable bonds is 5. The van der Waals surface area contributed by atoms with Crippen LogP contribution in [-0.2, 0) is 17.8 Å². The first-order chi connectivity index (χ1) is 9.56. The summed E-state index contributed by atoms with van der Waals surface area (Å²) in [7, 11) is 0. The van der Waals surface area contributed by atoms with Gasteiger partial charge in [0, 0.05) is 6.54 Å². The second-order valence-corrected chi connectivity index (χ2v) is 5.26. The zero-order chi connectivity index (χ0) is 14.5. The lowest BCUT2D eigenvalue weighted by molar-refractivity contribution is -0.122. The van der Waals surface area contributed by atoms with E-state index in [1.54, 1.807) is 17.4 Å². The van der Waals surface area contributed by atoms with Crippen molar-refractivity contribution >= 4 is 17.2 Å². The van der Waals surface area contributed by atoms with Gasteiger partial charge in [0.05, 0.1) is 6.04 Å². The average Bonchev–Trinajstić information content (AvgIpc) is 2.93. The predicted octanol–water partition coefficient (Wildman–Crippen LogP) is 1.35. The van der Waals surface area contributed by atoms with Gasteiger partial charge in [-0.25, -0.2) is 0 Å². The van der Waals surface area contributed by atoms with Gasteiger partial charge >= 0.3 is 0 Å². The van der Waals surface area contributed by atoms with Gasteiger partial charge in [0.2, 0.25) is 5.91 Å². The van der Waals surface area contributed by atoms with Gasteiger partial charge in [0.1, 0.15) is 0 Å². The molecule has 106 valence electrons. The Balaban J connectivity index is 1.88. The van der Waals surface area contributed by atoms with Crippen molar-refractivity contribution in [3.05, 3.63) is 46.2 Å². The van der Waals surface area contributed by atoms with E-state index in [0.29, 0.717) is 18.5 Å². The van der Waals surface area contributed by atoms with E-state index in [-0.39, 0.29) is 17.4 Å². The van der Waals surface area contributed by atoms with Gasteiger partial charge in [-0.15, -0.1) is 0 Å². The topological polar surface area (TPSA) is 95.6 Å². The maximum absolute atomic E-state index is 11.8. The summed E-state index contributed by atoms with van der Waals surface area (Å²) in [5.41, 5.74) is 7.56. The molecule has 0 unspecified atom stereocenters. The molecule has 5 nitrogen and oxygen atoms in total. The first-order valence-electron chi connectivity index (χ1n) is 6.11. The summed E-state index contributed by atoms with van der Waals surface area (Å²) >= 11 is 1.57. The molecular formula is C14H16N2O3S. The standard InChI is InChI=1S/C14H16N2O3S/c15-11(5-9-1-2-12(17)13(18)6-9)14(19)16-7-10-3-4-20-8-10/h1-4,6,8,11,17-18H,5,7,15H2,(H,16,19)/t11-/m0/s1. The van der Waals surface area contributed by atoms with Crippen LogP contribution in [0.2, 0.25) is 0 Å². The fourth-order valence-corrected chi connectivity index (χ4v) is 2.42. The molecule has 0 bridgehead atoms. The minimum Gasteiger partial charge on any atom is -0.504 e. The van der Waals surface area contributed by atoms with Crippen LogP contribution in [0.4, 0.5) is 0 Å². The summed E-state index contributed by atoms with van der Waals surface area (Å²) in [6.45, 7) is 0.455. The van der Waals surface area contributed by atoms with Crippen molar-refractivity contribution in [2.45, 2.75) is 19.0 Å². The van der Waals surface area contributed by atoms with Crippen molar-refractivity contribution in [2.75, 3.05) is 0 Å². The molecule has 1 amide bonds. The molecule has 2 aromatic rings. The summed E-state index contributed by atoms with van der Waals surface area (Å²) in [6, 6.07) is 5.65. The molecule has 0 saturated heterocycles. The van der Waals surface area contributed by atoms with E-state index in [4.69, 9.17) is 5.73 Å². The lowest BCUT2D eigenvalue weighted by Crippen LogP contribution is -2.41. The maximum atomic E-state index is 11.8. The fourth-order valence-electron chi connectivity index (χ4n) is 1.76. The van der Waals surface area contributed by atoms with Crippen LogP contribution in [0.25, 0.3) is 0 Å². The Hall–Kier alpha value is -2.05. The highest BCUT2D eigenvalue weighted by Crippen LogP contribution is 2.25. The van der Waals surface area contributed by atoms with Gasteiger partial charge in [0.25, 0.3) is 0 Å². The molecule has 1 heterocycles. The van der Waals surface area contributed by atoms with E-state index in [9.17, 15) is 15.0 Å². The van der Waals surface area contributed by atoms with Crippen molar-refractivity contribution in [2.24, 2.45) is 5.73 Å². The Bertz CT molecular complexity index is 584. The predicted molar refractivity (Wildman–Crippen MR) is 77.6 cm³/mol. The highest BCUT2D eigenvalue weighted by molar-refractivity contribution is 7.07. The Kier molecular flexibility index (Phi) is 4.60. The number of hydrogen-bond donors (Lipinski definition) is 4. The number of benzene rings is 1. The number of nitrogens with two attached hydrogens (primary N) is 1. The average molecular weight is 292 g/mol. The normalized spacial score (nSPS) is 12.1. The first kappa shape index (κ1) is 14.4. The van der Waals surface area contributed by atoms with E-state index >= 15 is 0 Å². The van der Waals surface area contributed by atoms with Crippen LogP contribution in [0.1, 0.15) is 11.1 Å². The molecule has 1 atom stereocenters. The summed E-state index contributed by atoms with van der Waals surface area (Å²) in [4.78, 5) is 11.8.